The number of imidazole rings is 1. The molecule has 0 aliphatic carbocycles. The minimum Gasteiger partial charge on any atom is -0.326 e. The lowest BCUT2D eigenvalue weighted by Gasteiger charge is -2.37. The molecule has 2 radical (unpaired) electrons. The summed E-state index contributed by atoms with van der Waals surface area (Å²) in [7, 11) is 5.32. The number of hydrogen-bond acceptors (Lipinski definition) is 1. The van der Waals surface area contributed by atoms with E-state index in [9.17, 15) is 0 Å². The Labute approximate surface area is 260 Å². The maximum Gasteiger partial charge on any atom is 0.0965 e. The Balaban J connectivity index is 0.000000220. The minimum atomic E-state index is -0.791. The molecule has 5 aromatic carbocycles. The number of aryl methyl sites for hydroxylation is 1. The monoisotopic (exact) mass is 574 g/mol. The predicted molar refractivity (Wildman–Crippen MR) is 185 cm³/mol. The highest BCUT2D eigenvalue weighted by Gasteiger charge is 2.36. The zero-order valence-electron chi connectivity index (χ0n) is 25.0. The molecule has 212 valence electrons. The van der Waals surface area contributed by atoms with Crippen molar-refractivity contribution in [3.63, 3.8) is 0 Å². The van der Waals surface area contributed by atoms with Crippen molar-refractivity contribution >= 4 is 22.6 Å². The summed E-state index contributed by atoms with van der Waals surface area (Å²) in [6.07, 6.45) is 9.63. The van der Waals surface area contributed by atoms with Gasteiger partial charge in [-0.25, -0.2) is 4.98 Å². The molecule has 6 aromatic rings. The lowest BCUT2D eigenvalue weighted by Crippen LogP contribution is -2.46. The van der Waals surface area contributed by atoms with Gasteiger partial charge in [0.05, 0.1) is 28.9 Å². The van der Waals surface area contributed by atoms with E-state index >= 15 is 0 Å². The van der Waals surface area contributed by atoms with Crippen molar-refractivity contribution in [2.24, 2.45) is 0 Å². The third-order valence-electron chi connectivity index (χ3n) is 8.04. The molecule has 0 atom stereocenters. The van der Waals surface area contributed by atoms with Crippen LogP contribution in [0.25, 0.3) is 0 Å². The van der Waals surface area contributed by atoms with Crippen molar-refractivity contribution < 1.29 is 0 Å². The Morgan fingerprint density at radius 1 is 0.698 bits per heavy atom. The summed E-state index contributed by atoms with van der Waals surface area (Å²) in [5.74, 6) is -0.0163. The Morgan fingerprint density at radius 2 is 1.23 bits per heavy atom. The van der Waals surface area contributed by atoms with Gasteiger partial charge in [0.25, 0.3) is 0 Å². The van der Waals surface area contributed by atoms with Gasteiger partial charge in [0.2, 0.25) is 0 Å². The van der Waals surface area contributed by atoms with Crippen LogP contribution in [0, 0.1) is 0 Å². The zero-order chi connectivity index (χ0) is 29.7. The quantitative estimate of drug-likeness (QED) is 0.156. The van der Waals surface area contributed by atoms with E-state index in [-0.39, 0.29) is 11.0 Å². The summed E-state index contributed by atoms with van der Waals surface area (Å²) in [4.78, 5) is 4.42. The van der Waals surface area contributed by atoms with E-state index in [0.717, 1.165) is 17.5 Å². The first-order valence-electron chi connectivity index (χ1n) is 15.2. The van der Waals surface area contributed by atoms with Crippen LogP contribution in [-0.2, 0) is 11.6 Å². The van der Waals surface area contributed by atoms with Gasteiger partial charge in [0, 0.05) is 12.4 Å². The van der Waals surface area contributed by atoms with Crippen molar-refractivity contribution in [3.05, 3.63) is 192 Å². The van der Waals surface area contributed by atoms with Crippen LogP contribution < -0.4 is 5.19 Å². The third-order valence-corrected chi connectivity index (χ3v) is 10.6. The molecule has 43 heavy (non-hydrogen) atoms. The van der Waals surface area contributed by atoms with E-state index in [1.807, 2.05) is 48.9 Å². The smallest absolute Gasteiger partial charge is 0.0965 e. The van der Waals surface area contributed by atoms with E-state index in [2.05, 4.69) is 132 Å². The van der Waals surface area contributed by atoms with Crippen molar-refractivity contribution in [2.75, 3.05) is 0 Å². The molecule has 2 nitrogen and oxygen atoms in total. The van der Waals surface area contributed by atoms with Crippen molar-refractivity contribution in [1.82, 2.24) is 9.55 Å². The van der Waals surface area contributed by atoms with Crippen LogP contribution in [0.1, 0.15) is 53.4 Å². The lowest BCUT2D eigenvalue weighted by atomic mass is 9.76. The van der Waals surface area contributed by atoms with Crippen molar-refractivity contribution in [3.8, 4) is 0 Å². The van der Waals surface area contributed by atoms with Gasteiger partial charge in [-0.05, 0) is 46.5 Å². The molecule has 1 aromatic heterocycles. The second kappa shape index (κ2) is 15.2. The number of rotatable bonds is 10. The van der Waals surface area contributed by atoms with Gasteiger partial charge >= 0.3 is 0 Å². The van der Waals surface area contributed by atoms with Gasteiger partial charge in [-0.15, -0.1) is 0 Å². The highest BCUT2D eigenvalue weighted by Crippen LogP contribution is 2.33. The molecule has 4 heteroatoms. The number of benzene rings is 5. The molecular formula is C39H39BN2Si. The molecular weight excluding hydrogens is 535 g/mol. The fraction of sp³-hybridized carbons (Fsp3) is 0.154. The Hall–Kier alpha value is -4.41. The molecule has 0 aliphatic rings. The Morgan fingerprint density at radius 3 is 1.72 bits per heavy atom. The molecule has 0 saturated carbocycles. The van der Waals surface area contributed by atoms with Crippen LogP contribution in [-0.4, -0.2) is 26.9 Å². The molecule has 0 fully saturated rings. The number of hydrogen-bond donors (Lipinski definition) is 0. The van der Waals surface area contributed by atoms with Crippen molar-refractivity contribution in [1.29, 1.82) is 0 Å². The standard InChI is InChI=1S/C26H28N2Si.C13H11B/c1-2-3-11-22-12-10-17-25(20-22)29-26(28-19-18-27-21-28,23-13-6-4-7-14-23)24-15-8-5-9-16-24;14-13(11-7-3-1-4-8-11)12-9-5-2-6-10-12/h4-10,12-21H,2-3,11,29H2,1H3;1-10,13H. The predicted octanol–water partition coefficient (Wildman–Crippen LogP) is 7.41. The van der Waals surface area contributed by atoms with Crippen LogP contribution in [0.4, 0.5) is 0 Å². The highest BCUT2D eigenvalue weighted by molar-refractivity contribution is 6.57. The Bertz CT molecular complexity index is 1540. The zero-order valence-corrected chi connectivity index (χ0v) is 26.4. The molecule has 0 amide bonds. The number of nitrogens with zero attached hydrogens (tertiary/aromatic N) is 2. The van der Waals surface area contributed by atoms with Gasteiger partial charge < -0.3 is 4.57 Å². The fourth-order valence-electron chi connectivity index (χ4n) is 5.76. The second-order valence-electron chi connectivity index (χ2n) is 11.0. The van der Waals surface area contributed by atoms with E-state index < -0.39 is 9.52 Å². The van der Waals surface area contributed by atoms with E-state index in [1.54, 1.807) is 0 Å². The average molecular weight is 575 g/mol. The van der Waals surface area contributed by atoms with Crippen molar-refractivity contribution in [2.45, 2.75) is 37.2 Å². The molecule has 0 aliphatic heterocycles. The minimum absolute atomic E-state index is 0.0163. The van der Waals surface area contributed by atoms with Crippen LogP contribution in [0.15, 0.2) is 164 Å². The van der Waals surface area contributed by atoms with Crippen LogP contribution >= 0.6 is 0 Å². The van der Waals surface area contributed by atoms with Gasteiger partial charge in [-0.2, -0.15) is 0 Å². The van der Waals surface area contributed by atoms with Crippen LogP contribution in [0.5, 0.6) is 0 Å². The first kappa shape index (κ1) is 30.1. The van der Waals surface area contributed by atoms with Gasteiger partial charge in [-0.3, -0.25) is 0 Å². The topological polar surface area (TPSA) is 17.8 Å². The van der Waals surface area contributed by atoms with E-state index in [1.165, 1.54) is 34.7 Å². The van der Waals surface area contributed by atoms with Crippen LogP contribution in [0.3, 0.4) is 0 Å². The first-order chi connectivity index (χ1) is 21.2. The van der Waals surface area contributed by atoms with E-state index in [4.69, 9.17) is 7.85 Å². The lowest BCUT2D eigenvalue weighted by molar-refractivity contribution is 0.596. The second-order valence-corrected chi connectivity index (χ2v) is 13.2. The van der Waals surface area contributed by atoms with E-state index in [0.29, 0.717) is 0 Å². The molecule has 0 bridgehead atoms. The molecule has 0 spiro atoms. The first-order valence-corrected chi connectivity index (χ1v) is 16.6. The number of aromatic nitrogens is 2. The summed E-state index contributed by atoms with van der Waals surface area (Å²) >= 11 is 0. The maximum absolute atomic E-state index is 6.12. The summed E-state index contributed by atoms with van der Waals surface area (Å²) in [5.41, 5.74) is 6.42. The van der Waals surface area contributed by atoms with Crippen LogP contribution in [0.2, 0.25) is 0 Å². The molecule has 1 heterocycles. The molecule has 6 rings (SSSR count). The van der Waals surface area contributed by atoms with Gasteiger partial charge in [0.15, 0.2) is 0 Å². The fourth-order valence-corrected chi connectivity index (χ4v) is 8.22. The van der Waals surface area contributed by atoms with Gasteiger partial charge in [0.1, 0.15) is 0 Å². The summed E-state index contributed by atoms with van der Waals surface area (Å²) in [6.45, 7) is 2.26. The normalized spacial score (nSPS) is 11.4. The number of unbranched alkanes of at least 4 members (excludes halogenated alkanes) is 1. The van der Waals surface area contributed by atoms with Gasteiger partial charge in [-0.1, -0.05) is 164 Å². The summed E-state index contributed by atoms with van der Waals surface area (Å²) in [6, 6.07) is 51.4. The largest absolute Gasteiger partial charge is 0.326 e. The average Bonchev–Trinajstić information content (AvgIpc) is 3.64. The maximum atomic E-state index is 6.12. The third kappa shape index (κ3) is 7.52. The Kier molecular flexibility index (Phi) is 10.6. The highest BCUT2D eigenvalue weighted by atomic mass is 28.2. The SMILES string of the molecule is CCCCc1cccc([SiH2]C(c2ccccc2)(c2ccccc2)n2ccnc2)c1.[B]C(c1ccccc1)c1ccccc1. The molecule has 0 unspecified atom stereocenters. The molecule has 0 saturated heterocycles. The summed E-state index contributed by atoms with van der Waals surface area (Å²) < 4.78 is 2.32. The molecule has 0 N–H and O–H groups in total. The summed E-state index contributed by atoms with van der Waals surface area (Å²) in [5, 5.41) is 1.28.